The molecule has 0 atom stereocenters. The molecule has 5 rings (SSSR count). The molecule has 0 amide bonds. The maximum absolute atomic E-state index is 12.7. The number of nitrogens with one attached hydrogen (secondary N) is 1. The van der Waals surface area contributed by atoms with Crippen LogP contribution in [0.15, 0.2) is 47.4 Å². The number of hydrogen-bond acceptors (Lipinski definition) is 7. The lowest BCUT2D eigenvalue weighted by molar-refractivity contribution is 0.592. The molecule has 0 fully saturated rings. The first-order chi connectivity index (χ1) is 15.8. The highest BCUT2D eigenvalue weighted by Gasteiger charge is 2.32. The van der Waals surface area contributed by atoms with Crippen LogP contribution in [0, 0.1) is 13.8 Å². The van der Waals surface area contributed by atoms with E-state index in [1.807, 2.05) is 19.9 Å². The molecule has 2 aliphatic rings. The molecule has 0 saturated heterocycles. The highest BCUT2D eigenvalue weighted by Crippen LogP contribution is 2.32. The second-order valence-electron chi connectivity index (χ2n) is 8.18. The van der Waals surface area contributed by atoms with Crippen molar-refractivity contribution in [3.05, 3.63) is 76.1 Å². The molecule has 2 aromatic heterocycles. The van der Waals surface area contributed by atoms with Crippen LogP contribution < -0.4 is 21.1 Å². The smallest absolute Gasteiger partial charge is 0.265 e. The van der Waals surface area contributed by atoms with E-state index in [1.54, 1.807) is 30.3 Å². The number of benzene rings is 1. The van der Waals surface area contributed by atoms with Gasteiger partial charge in [0.1, 0.15) is 11.6 Å². The Hall–Kier alpha value is -3.01. The van der Waals surface area contributed by atoms with Crippen molar-refractivity contribution in [1.29, 1.82) is 0 Å². The van der Waals surface area contributed by atoms with Gasteiger partial charge in [-0.15, -0.1) is 0 Å². The quantitative estimate of drug-likeness (QED) is 0.500. The lowest BCUT2D eigenvalue weighted by Gasteiger charge is -2.19. The van der Waals surface area contributed by atoms with E-state index in [9.17, 15) is 8.42 Å². The van der Waals surface area contributed by atoms with Gasteiger partial charge in [0, 0.05) is 37.6 Å². The van der Waals surface area contributed by atoms with Gasteiger partial charge < -0.3 is 16.8 Å². The van der Waals surface area contributed by atoms with E-state index in [1.165, 1.54) is 9.87 Å². The largest absolute Gasteiger partial charge is 0.370 e. The molecule has 2 aliphatic heterocycles. The normalized spacial score (nSPS) is 13.4. The fourth-order valence-corrected chi connectivity index (χ4v) is 5.60. The Balaban J connectivity index is 0.000000265. The summed E-state index contributed by atoms with van der Waals surface area (Å²) in [6, 6.07) is 12.6. The lowest BCUT2D eigenvalue weighted by atomic mass is 10.1. The number of aryl methyl sites for hydroxylation is 2. The summed E-state index contributed by atoms with van der Waals surface area (Å²) in [5.41, 5.74) is 17.5. The Morgan fingerprint density at radius 1 is 0.914 bits per heavy atom. The Labute approximate surface area is 209 Å². The van der Waals surface area contributed by atoms with E-state index in [0.29, 0.717) is 36.8 Å². The zero-order valence-electron chi connectivity index (χ0n) is 19.0. The van der Waals surface area contributed by atoms with Gasteiger partial charge in [-0.25, -0.2) is 22.7 Å². The van der Waals surface area contributed by atoms with Gasteiger partial charge in [-0.3, -0.25) is 0 Å². The first-order valence-corrected chi connectivity index (χ1v) is 12.5. The summed E-state index contributed by atoms with van der Waals surface area (Å²) in [7, 11) is -3.55. The van der Waals surface area contributed by atoms with Crippen LogP contribution in [0.2, 0.25) is 0 Å². The van der Waals surface area contributed by atoms with Crippen LogP contribution in [0.5, 0.6) is 0 Å². The van der Waals surface area contributed by atoms with Gasteiger partial charge in [0.05, 0.1) is 4.90 Å². The molecule has 3 aromatic rings. The number of rotatable bonds is 4. The standard InChI is InChI=1S/C15H17N3O2S.C9H13N3.2CH4/c1-11-13(10-16)9-12-7-8-18(15(12)17-11)21(19,20)14-5-3-2-4-6-14;1-6-8(5-10)4-7-2-3-11-9(7)12-6;;/h2-6,9H,7-8,10,16H2,1H3;4H,2-3,5,10H2,1H3,(H,11,12);2*1H4. The predicted octanol–water partition coefficient (Wildman–Crippen LogP) is 3.69. The fraction of sp³-hybridized carbons (Fsp3) is 0.385. The predicted molar refractivity (Wildman–Crippen MR) is 144 cm³/mol. The second-order valence-corrected chi connectivity index (χ2v) is 10.0. The van der Waals surface area contributed by atoms with Crippen LogP contribution in [0.25, 0.3) is 0 Å². The Kier molecular flexibility index (Phi) is 9.37. The summed E-state index contributed by atoms with van der Waals surface area (Å²) in [5.74, 6) is 1.58. The van der Waals surface area contributed by atoms with Crippen molar-refractivity contribution < 1.29 is 8.42 Å². The number of nitrogens with two attached hydrogens (primary N) is 2. The van der Waals surface area contributed by atoms with Crippen molar-refractivity contribution in [3.63, 3.8) is 0 Å². The Morgan fingerprint density at radius 2 is 1.51 bits per heavy atom. The maximum Gasteiger partial charge on any atom is 0.265 e. The first kappa shape index (κ1) is 28.2. The second kappa shape index (κ2) is 11.6. The van der Waals surface area contributed by atoms with Gasteiger partial charge in [0.25, 0.3) is 10.0 Å². The van der Waals surface area contributed by atoms with Crippen LogP contribution >= 0.6 is 0 Å². The van der Waals surface area contributed by atoms with Gasteiger partial charge in [0.2, 0.25) is 0 Å². The molecule has 0 saturated carbocycles. The molecule has 0 spiro atoms. The van der Waals surface area contributed by atoms with Crippen LogP contribution in [0.4, 0.5) is 11.6 Å². The van der Waals surface area contributed by atoms with E-state index in [0.717, 1.165) is 46.9 Å². The Bertz CT molecular complexity index is 1260. The third-order valence-electron chi connectivity index (χ3n) is 6.05. The van der Waals surface area contributed by atoms with Gasteiger partial charge in [-0.2, -0.15) is 0 Å². The number of fused-ring (bicyclic) bond motifs is 2. The van der Waals surface area contributed by atoms with E-state index in [2.05, 4.69) is 21.4 Å². The molecule has 4 heterocycles. The lowest BCUT2D eigenvalue weighted by Crippen LogP contribution is -2.29. The summed E-state index contributed by atoms with van der Waals surface area (Å²) >= 11 is 0. The molecular formula is C26H38N6O2S. The molecule has 0 aliphatic carbocycles. The minimum atomic E-state index is -3.55. The average Bonchev–Trinajstić information content (AvgIpc) is 3.45. The van der Waals surface area contributed by atoms with Crippen LogP contribution in [0.3, 0.4) is 0 Å². The summed E-state index contributed by atoms with van der Waals surface area (Å²) in [5, 5.41) is 3.24. The highest BCUT2D eigenvalue weighted by atomic mass is 32.2. The van der Waals surface area contributed by atoms with E-state index >= 15 is 0 Å². The number of sulfonamides is 1. The van der Waals surface area contributed by atoms with Gasteiger partial charge in [0.15, 0.2) is 0 Å². The van der Waals surface area contributed by atoms with E-state index in [-0.39, 0.29) is 14.9 Å². The highest BCUT2D eigenvalue weighted by molar-refractivity contribution is 7.92. The van der Waals surface area contributed by atoms with Crippen molar-refractivity contribution in [1.82, 2.24) is 9.97 Å². The molecule has 0 bridgehead atoms. The first-order valence-electron chi connectivity index (χ1n) is 11.1. The van der Waals surface area contributed by atoms with Crippen molar-refractivity contribution in [3.8, 4) is 0 Å². The van der Waals surface area contributed by atoms with Gasteiger partial charge in [-0.05, 0) is 73.2 Å². The molecule has 9 heteroatoms. The van der Waals surface area contributed by atoms with E-state index < -0.39 is 10.0 Å². The van der Waals surface area contributed by atoms with E-state index in [4.69, 9.17) is 11.5 Å². The zero-order valence-corrected chi connectivity index (χ0v) is 19.8. The Morgan fingerprint density at radius 3 is 2.14 bits per heavy atom. The number of anilines is 2. The molecule has 0 unspecified atom stereocenters. The molecule has 5 N–H and O–H groups in total. The van der Waals surface area contributed by atoms with Crippen molar-refractivity contribution in [2.75, 3.05) is 22.7 Å². The van der Waals surface area contributed by atoms with Gasteiger partial charge in [-0.1, -0.05) is 33.1 Å². The summed E-state index contributed by atoms with van der Waals surface area (Å²) < 4.78 is 26.8. The third-order valence-corrected chi connectivity index (χ3v) is 7.85. The SMILES string of the molecule is C.C.Cc1nc2c(cc1CN)CCN2.Cc1nc2c(cc1CN)CCN2S(=O)(=O)c1ccccc1. The molecular weight excluding hydrogens is 460 g/mol. The molecule has 1 aromatic carbocycles. The minimum absolute atomic E-state index is 0. The van der Waals surface area contributed by atoms with Gasteiger partial charge >= 0.3 is 0 Å². The maximum atomic E-state index is 12.7. The van der Waals surface area contributed by atoms with Crippen LogP contribution in [-0.2, 0) is 36.0 Å². The number of aromatic nitrogens is 2. The average molecular weight is 499 g/mol. The third kappa shape index (κ3) is 5.63. The summed E-state index contributed by atoms with van der Waals surface area (Å²) in [4.78, 5) is 9.19. The monoisotopic (exact) mass is 498 g/mol. The number of hydrogen-bond donors (Lipinski definition) is 3. The topological polar surface area (TPSA) is 127 Å². The summed E-state index contributed by atoms with van der Waals surface area (Å²) in [6.45, 7) is 6.29. The molecule has 190 valence electrons. The van der Waals surface area contributed by atoms with Crippen molar-refractivity contribution >= 4 is 21.7 Å². The van der Waals surface area contributed by atoms with Crippen molar-refractivity contribution in [2.45, 2.75) is 59.5 Å². The molecule has 8 nitrogen and oxygen atoms in total. The van der Waals surface area contributed by atoms with Crippen LogP contribution in [0.1, 0.15) is 48.5 Å². The summed E-state index contributed by atoms with van der Waals surface area (Å²) in [6.07, 6.45) is 1.75. The zero-order chi connectivity index (χ0) is 23.6. The molecule has 35 heavy (non-hydrogen) atoms. The van der Waals surface area contributed by atoms with Crippen LogP contribution in [-0.4, -0.2) is 31.5 Å². The number of pyridine rings is 2. The number of nitrogens with zero attached hydrogens (tertiary/aromatic N) is 3. The fourth-order valence-electron chi connectivity index (χ4n) is 4.13. The molecule has 0 radical (unpaired) electrons. The minimum Gasteiger partial charge on any atom is -0.370 e. The van der Waals surface area contributed by atoms with Crippen molar-refractivity contribution in [2.24, 2.45) is 11.5 Å².